The minimum Gasteiger partial charge on any atom is -0.327 e. The Bertz CT molecular complexity index is 347. The molecule has 2 N–H and O–H groups in total. The lowest BCUT2D eigenvalue weighted by Gasteiger charge is -2.36. The van der Waals surface area contributed by atoms with E-state index < -0.39 is 0 Å². The summed E-state index contributed by atoms with van der Waals surface area (Å²) >= 11 is 0. The molecule has 96 valence electrons. The van der Waals surface area contributed by atoms with Crippen LogP contribution in [0.1, 0.15) is 32.3 Å². The fraction of sp³-hybridized carbons (Fsp3) is 0.769. The van der Waals surface area contributed by atoms with Gasteiger partial charge in [-0.3, -0.25) is 9.58 Å². The van der Waals surface area contributed by atoms with Crippen LogP contribution in [0.3, 0.4) is 0 Å². The fourth-order valence-electron chi connectivity index (χ4n) is 2.62. The second-order valence-electron chi connectivity index (χ2n) is 5.06. The molecule has 17 heavy (non-hydrogen) atoms. The summed E-state index contributed by atoms with van der Waals surface area (Å²) in [4.78, 5) is 2.51. The monoisotopic (exact) mass is 236 g/mol. The van der Waals surface area contributed by atoms with Gasteiger partial charge in [0.2, 0.25) is 0 Å². The van der Waals surface area contributed by atoms with Crippen molar-refractivity contribution in [1.29, 1.82) is 0 Å². The number of piperidine rings is 1. The van der Waals surface area contributed by atoms with Crippen LogP contribution in [0.15, 0.2) is 12.4 Å². The predicted octanol–water partition coefficient (Wildman–Crippen LogP) is 1.46. The Balaban J connectivity index is 1.90. The first-order valence-corrected chi connectivity index (χ1v) is 6.72. The second-order valence-corrected chi connectivity index (χ2v) is 5.06. The zero-order valence-corrected chi connectivity index (χ0v) is 11.0. The highest BCUT2D eigenvalue weighted by atomic mass is 15.3. The first-order valence-electron chi connectivity index (χ1n) is 6.72. The van der Waals surface area contributed by atoms with E-state index in [2.05, 4.69) is 30.0 Å². The summed E-state index contributed by atoms with van der Waals surface area (Å²) < 4.78 is 1.99. The summed E-state index contributed by atoms with van der Waals surface area (Å²) in [5.41, 5.74) is 7.44. The van der Waals surface area contributed by atoms with Gasteiger partial charge >= 0.3 is 0 Å². The van der Waals surface area contributed by atoms with Gasteiger partial charge in [-0.15, -0.1) is 0 Å². The highest BCUT2D eigenvalue weighted by Gasteiger charge is 2.25. The molecule has 2 heterocycles. The average Bonchev–Trinajstić information content (AvgIpc) is 2.79. The molecule has 1 fully saturated rings. The van der Waals surface area contributed by atoms with Crippen LogP contribution in [0.5, 0.6) is 0 Å². The van der Waals surface area contributed by atoms with Gasteiger partial charge in [0.1, 0.15) is 0 Å². The Morgan fingerprint density at radius 1 is 1.47 bits per heavy atom. The van der Waals surface area contributed by atoms with E-state index in [1.165, 1.54) is 12.0 Å². The molecular weight excluding hydrogens is 212 g/mol. The molecule has 1 saturated heterocycles. The minimum atomic E-state index is 0.398. The largest absolute Gasteiger partial charge is 0.327 e. The third kappa shape index (κ3) is 3.07. The number of rotatable bonds is 4. The smallest absolute Gasteiger partial charge is 0.0534 e. The van der Waals surface area contributed by atoms with E-state index >= 15 is 0 Å². The molecule has 0 radical (unpaired) electrons. The molecule has 4 heteroatoms. The number of hydrogen-bond acceptors (Lipinski definition) is 3. The molecule has 2 rings (SSSR count). The SMILES string of the molecule is CCC1CN(Cc2cnn(CC)c2)CCC1N. The molecule has 0 saturated carbocycles. The lowest BCUT2D eigenvalue weighted by atomic mass is 9.90. The van der Waals surface area contributed by atoms with E-state index in [0.717, 1.165) is 32.6 Å². The lowest BCUT2D eigenvalue weighted by molar-refractivity contribution is 0.145. The Morgan fingerprint density at radius 3 is 2.94 bits per heavy atom. The van der Waals surface area contributed by atoms with Crippen molar-refractivity contribution >= 4 is 0 Å². The van der Waals surface area contributed by atoms with Gasteiger partial charge in [0.05, 0.1) is 6.20 Å². The minimum absolute atomic E-state index is 0.398. The number of aryl methyl sites for hydroxylation is 1. The van der Waals surface area contributed by atoms with Crippen LogP contribution in [0, 0.1) is 5.92 Å². The first kappa shape index (κ1) is 12.6. The first-order chi connectivity index (χ1) is 8.22. The summed E-state index contributed by atoms with van der Waals surface area (Å²) in [6, 6.07) is 0.398. The molecule has 4 nitrogen and oxygen atoms in total. The molecule has 0 amide bonds. The fourth-order valence-corrected chi connectivity index (χ4v) is 2.62. The Labute approximate surface area is 104 Å². The third-order valence-corrected chi connectivity index (χ3v) is 3.82. The maximum Gasteiger partial charge on any atom is 0.0534 e. The summed E-state index contributed by atoms with van der Waals surface area (Å²) in [6.45, 7) is 8.57. The standard InChI is InChI=1S/C13H24N4/c1-3-12-10-16(6-5-13(12)14)8-11-7-15-17(4-2)9-11/h7,9,12-13H,3-6,8,10,14H2,1-2H3. The zero-order valence-electron chi connectivity index (χ0n) is 11.0. The molecule has 1 aliphatic heterocycles. The van der Waals surface area contributed by atoms with Crippen LogP contribution >= 0.6 is 0 Å². The van der Waals surface area contributed by atoms with Crippen molar-refractivity contribution in [2.45, 2.75) is 45.8 Å². The van der Waals surface area contributed by atoms with Crippen LogP contribution < -0.4 is 5.73 Å². The molecule has 2 atom stereocenters. The molecule has 0 bridgehead atoms. The number of likely N-dealkylation sites (tertiary alicyclic amines) is 1. The normalized spacial score (nSPS) is 26.3. The van der Waals surface area contributed by atoms with Crippen molar-refractivity contribution in [3.05, 3.63) is 18.0 Å². The molecule has 1 aromatic heterocycles. The summed E-state index contributed by atoms with van der Waals surface area (Å²) in [6.07, 6.45) is 6.45. The quantitative estimate of drug-likeness (QED) is 0.861. The van der Waals surface area contributed by atoms with Crippen molar-refractivity contribution in [2.75, 3.05) is 13.1 Å². The van der Waals surface area contributed by atoms with Gasteiger partial charge in [-0.2, -0.15) is 5.10 Å². The Morgan fingerprint density at radius 2 is 2.29 bits per heavy atom. The lowest BCUT2D eigenvalue weighted by Crippen LogP contribution is -2.46. The molecule has 1 aromatic rings. The van der Waals surface area contributed by atoms with Crippen molar-refractivity contribution in [2.24, 2.45) is 11.7 Å². The van der Waals surface area contributed by atoms with E-state index in [9.17, 15) is 0 Å². The molecule has 1 aliphatic rings. The van der Waals surface area contributed by atoms with E-state index in [-0.39, 0.29) is 0 Å². The second kappa shape index (κ2) is 5.65. The van der Waals surface area contributed by atoms with Gasteiger partial charge in [0, 0.05) is 37.4 Å². The van der Waals surface area contributed by atoms with E-state index in [1.54, 1.807) is 0 Å². The van der Waals surface area contributed by atoms with Gasteiger partial charge in [-0.1, -0.05) is 13.3 Å². The molecule has 0 aliphatic carbocycles. The van der Waals surface area contributed by atoms with Gasteiger partial charge in [-0.05, 0) is 25.8 Å². The predicted molar refractivity (Wildman–Crippen MR) is 69.6 cm³/mol. The number of nitrogens with two attached hydrogens (primary N) is 1. The molecule has 0 aromatic carbocycles. The van der Waals surface area contributed by atoms with Crippen molar-refractivity contribution in [1.82, 2.24) is 14.7 Å². The van der Waals surface area contributed by atoms with E-state index in [1.807, 2.05) is 10.9 Å². The van der Waals surface area contributed by atoms with Gasteiger partial charge < -0.3 is 5.73 Å². The van der Waals surface area contributed by atoms with Crippen LogP contribution in [-0.2, 0) is 13.1 Å². The summed E-state index contributed by atoms with van der Waals surface area (Å²) in [5.74, 6) is 0.657. The summed E-state index contributed by atoms with van der Waals surface area (Å²) in [7, 11) is 0. The van der Waals surface area contributed by atoms with Crippen molar-refractivity contribution in [3.63, 3.8) is 0 Å². The molecular formula is C13H24N4. The number of nitrogens with zero attached hydrogens (tertiary/aromatic N) is 3. The summed E-state index contributed by atoms with van der Waals surface area (Å²) in [5, 5.41) is 4.32. The van der Waals surface area contributed by atoms with Crippen molar-refractivity contribution in [3.8, 4) is 0 Å². The highest BCUT2D eigenvalue weighted by molar-refractivity contribution is 5.04. The topological polar surface area (TPSA) is 47.1 Å². The maximum absolute atomic E-state index is 6.13. The van der Waals surface area contributed by atoms with Crippen molar-refractivity contribution < 1.29 is 0 Å². The number of hydrogen-bond donors (Lipinski definition) is 1. The molecule has 2 unspecified atom stereocenters. The van der Waals surface area contributed by atoms with Gasteiger partial charge in [0.15, 0.2) is 0 Å². The van der Waals surface area contributed by atoms with Gasteiger partial charge in [0.25, 0.3) is 0 Å². The highest BCUT2D eigenvalue weighted by Crippen LogP contribution is 2.20. The van der Waals surface area contributed by atoms with Gasteiger partial charge in [-0.25, -0.2) is 0 Å². The van der Waals surface area contributed by atoms with E-state index in [0.29, 0.717) is 12.0 Å². The third-order valence-electron chi connectivity index (χ3n) is 3.82. The van der Waals surface area contributed by atoms with Crippen LogP contribution in [0.25, 0.3) is 0 Å². The Hall–Kier alpha value is -0.870. The maximum atomic E-state index is 6.13. The average molecular weight is 236 g/mol. The van der Waals surface area contributed by atoms with Crippen LogP contribution in [0.4, 0.5) is 0 Å². The Kier molecular flexibility index (Phi) is 4.18. The number of aromatic nitrogens is 2. The molecule has 0 spiro atoms. The van der Waals surface area contributed by atoms with Crippen LogP contribution in [0.2, 0.25) is 0 Å². The van der Waals surface area contributed by atoms with Crippen LogP contribution in [-0.4, -0.2) is 33.8 Å². The van der Waals surface area contributed by atoms with E-state index in [4.69, 9.17) is 5.73 Å². The zero-order chi connectivity index (χ0) is 12.3.